The van der Waals surface area contributed by atoms with Gasteiger partial charge in [0.15, 0.2) is 0 Å². The zero-order valence-corrected chi connectivity index (χ0v) is 9.99. The maximum absolute atomic E-state index is 13.4. The Balaban J connectivity index is 2.32. The first-order chi connectivity index (χ1) is 8.22. The summed E-state index contributed by atoms with van der Waals surface area (Å²) in [5.41, 5.74) is 0.834. The highest BCUT2D eigenvalue weighted by Crippen LogP contribution is 2.14. The molecule has 0 aliphatic carbocycles. The molecule has 0 saturated heterocycles. The molecule has 2 nitrogen and oxygen atoms in total. The Kier molecular flexibility index (Phi) is 6.00. The van der Waals surface area contributed by atoms with Gasteiger partial charge < -0.3 is 4.74 Å². The Morgan fingerprint density at radius 1 is 1.29 bits per heavy atom. The molecule has 1 rings (SSSR count). The fraction of sp³-hybridized carbons (Fsp3) is 0.357. The summed E-state index contributed by atoms with van der Waals surface area (Å²) in [7, 11) is 0. The number of hydrogen-bond acceptors (Lipinski definition) is 2. The number of halogens is 1. The third-order valence-electron chi connectivity index (χ3n) is 2.22. The van der Waals surface area contributed by atoms with Crippen LogP contribution >= 0.6 is 0 Å². The van der Waals surface area contributed by atoms with E-state index in [1.54, 1.807) is 6.92 Å². The Hall–Kier alpha value is -1.64. The van der Waals surface area contributed by atoms with Crippen LogP contribution in [0.25, 0.3) is 6.08 Å². The van der Waals surface area contributed by atoms with Gasteiger partial charge in [0, 0.05) is 6.42 Å². The van der Waals surface area contributed by atoms with Crippen molar-refractivity contribution in [2.45, 2.75) is 26.2 Å². The number of esters is 1. The molecule has 0 radical (unpaired) electrons. The van der Waals surface area contributed by atoms with E-state index in [4.69, 9.17) is 4.74 Å². The minimum Gasteiger partial charge on any atom is -0.466 e. The first kappa shape index (κ1) is 13.4. The molecule has 0 heterocycles. The summed E-state index contributed by atoms with van der Waals surface area (Å²) < 4.78 is 18.2. The van der Waals surface area contributed by atoms with Crippen molar-refractivity contribution in [1.29, 1.82) is 0 Å². The Labute approximate surface area is 101 Å². The first-order valence-corrected chi connectivity index (χ1v) is 5.79. The predicted octanol–water partition coefficient (Wildman–Crippen LogP) is 3.73. The summed E-state index contributed by atoms with van der Waals surface area (Å²) in [6.07, 6.45) is 2.51. The third kappa shape index (κ3) is 5.85. The van der Waals surface area contributed by atoms with E-state index in [9.17, 15) is 9.18 Å². The molecule has 0 aliphatic rings. The van der Waals surface area contributed by atoms with Crippen LogP contribution in [0.1, 0.15) is 31.7 Å². The van der Waals surface area contributed by atoms with Crippen LogP contribution in [0.5, 0.6) is 0 Å². The maximum Gasteiger partial charge on any atom is 0.305 e. The molecular formula is C14H17FO2. The average molecular weight is 236 g/mol. The molecule has 0 N–H and O–H groups in total. The average Bonchev–Trinajstić information content (AvgIpc) is 2.30. The van der Waals surface area contributed by atoms with E-state index in [1.807, 2.05) is 30.3 Å². The van der Waals surface area contributed by atoms with Crippen LogP contribution in [0.15, 0.2) is 36.2 Å². The fourth-order valence-electron chi connectivity index (χ4n) is 1.44. The van der Waals surface area contributed by atoms with Gasteiger partial charge in [0.1, 0.15) is 5.83 Å². The lowest BCUT2D eigenvalue weighted by Crippen LogP contribution is -2.03. The second-order valence-corrected chi connectivity index (χ2v) is 3.66. The van der Waals surface area contributed by atoms with Crippen LogP contribution in [0.4, 0.5) is 4.39 Å². The fourth-order valence-corrected chi connectivity index (χ4v) is 1.44. The quantitative estimate of drug-likeness (QED) is 0.703. The molecule has 0 bridgehead atoms. The van der Waals surface area contributed by atoms with Gasteiger partial charge in [0.25, 0.3) is 0 Å². The summed E-state index contributed by atoms with van der Waals surface area (Å²) in [5, 5.41) is 0. The van der Waals surface area contributed by atoms with Crippen molar-refractivity contribution in [3.05, 3.63) is 41.7 Å². The summed E-state index contributed by atoms with van der Waals surface area (Å²) in [4.78, 5) is 11.0. The SMILES string of the molecule is CCOC(=O)CCC/C(F)=C/c1ccccc1. The van der Waals surface area contributed by atoms with Crippen LogP contribution in [-0.2, 0) is 9.53 Å². The molecule has 0 aliphatic heterocycles. The summed E-state index contributed by atoms with van der Waals surface area (Å²) in [6, 6.07) is 9.28. The van der Waals surface area contributed by atoms with Gasteiger partial charge in [-0.05, 0) is 31.4 Å². The standard InChI is InChI=1S/C14H17FO2/c1-2-17-14(16)10-6-9-13(15)11-12-7-4-3-5-8-12/h3-5,7-8,11H,2,6,9-10H2,1H3/b13-11-. The molecule has 0 saturated carbocycles. The molecule has 0 amide bonds. The van der Waals surface area contributed by atoms with Gasteiger partial charge in [-0.15, -0.1) is 0 Å². The topological polar surface area (TPSA) is 26.3 Å². The molecule has 0 fully saturated rings. The van der Waals surface area contributed by atoms with E-state index in [0.29, 0.717) is 13.0 Å². The molecule has 17 heavy (non-hydrogen) atoms. The highest BCUT2D eigenvalue weighted by atomic mass is 19.1. The normalized spacial score (nSPS) is 11.3. The van der Waals surface area contributed by atoms with Gasteiger partial charge in [0.2, 0.25) is 0 Å². The number of ether oxygens (including phenoxy) is 1. The number of hydrogen-bond donors (Lipinski definition) is 0. The van der Waals surface area contributed by atoms with Crippen molar-refractivity contribution in [3.63, 3.8) is 0 Å². The van der Waals surface area contributed by atoms with E-state index in [1.165, 1.54) is 6.08 Å². The highest BCUT2D eigenvalue weighted by Gasteiger charge is 2.02. The van der Waals surface area contributed by atoms with E-state index >= 15 is 0 Å². The third-order valence-corrected chi connectivity index (χ3v) is 2.22. The number of rotatable bonds is 6. The largest absolute Gasteiger partial charge is 0.466 e. The smallest absolute Gasteiger partial charge is 0.305 e. The molecule has 0 aromatic heterocycles. The first-order valence-electron chi connectivity index (χ1n) is 5.79. The van der Waals surface area contributed by atoms with E-state index in [2.05, 4.69) is 0 Å². The maximum atomic E-state index is 13.4. The zero-order chi connectivity index (χ0) is 12.5. The Bertz CT molecular complexity index is 371. The summed E-state index contributed by atoms with van der Waals surface area (Å²) in [6.45, 7) is 2.13. The minimum atomic E-state index is -0.264. The lowest BCUT2D eigenvalue weighted by molar-refractivity contribution is -0.143. The molecule has 1 aromatic carbocycles. The molecular weight excluding hydrogens is 219 g/mol. The molecule has 0 atom stereocenters. The number of benzene rings is 1. The lowest BCUT2D eigenvalue weighted by Gasteiger charge is -2.00. The van der Waals surface area contributed by atoms with Gasteiger partial charge in [-0.25, -0.2) is 4.39 Å². The van der Waals surface area contributed by atoms with Gasteiger partial charge in [-0.1, -0.05) is 30.3 Å². The van der Waals surface area contributed by atoms with E-state index in [-0.39, 0.29) is 24.6 Å². The van der Waals surface area contributed by atoms with Gasteiger partial charge in [0.05, 0.1) is 6.61 Å². The molecule has 92 valence electrons. The molecule has 3 heteroatoms. The van der Waals surface area contributed by atoms with Crippen molar-refractivity contribution < 1.29 is 13.9 Å². The number of carbonyl (C=O) groups excluding carboxylic acids is 1. The van der Waals surface area contributed by atoms with E-state index < -0.39 is 0 Å². The number of carbonyl (C=O) groups is 1. The van der Waals surface area contributed by atoms with Crippen LogP contribution < -0.4 is 0 Å². The second-order valence-electron chi connectivity index (χ2n) is 3.66. The van der Waals surface area contributed by atoms with Crippen LogP contribution in [0, 0.1) is 0 Å². The lowest BCUT2D eigenvalue weighted by atomic mass is 10.1. The van der Waals surface area contributed by atoms with Crippen molar-refractivity contribution in [3.8, 4) is 0 Å². The van der Waals surface area contributed by atoms with Crippen molar-refractivity contribution >= 4 is 12.0 Å². The van der Waals surface area contributed by atoms with Crippen LogP contribution in [-0.4, -0.2) is 12.6 Å². The van der Waals surface area contributed by atoms with Gasteiger partial charge in [-0.2, -0.15) is 0 Å². The van der Waals surface area contributed by atoms with E-state index in [0.717, 1.165) is 5.56 Å². The van der Waals surface area contributed by atoms with Gasteiger partial charge >= 0.3 is 5.97 Å². The molecule has 0 spiro atoms. The minimum absolute atomic E-state index is 0.208. The summed E-state index contributed by atoms with van der Waals surface area (Å²) in [5.74, 6) is -0.472. The molecule has 0 unspecified atom stereocenters. The van der Waals surface area contributed by atoms with Crippen LogP contribution in [0.3, 0.4) is 0 Å². The Morgan fingerprint density at radius 3 is 2.65 bits per heavy atom. The highest BCUT2D eigenvalue weighted by molar-refractivity contribution is 5.69. The zero-order valence-electron chi connectivity index (χ0n) is 9.99. The molecule has 1 aromatic rings. The number of allylic oxidation sites excluding steroid dienone is 1. The predicted molar refractivity (Wildman–Crippen MR) is 66.0 cm³/mol. The second kappa shape index (κ2) is 7.60. The van der Waals surface area contributed by atoms with Gasteiger partial charge in [-0.3, -0.25) is 4.79 Å². The van der Waals surface area contributed by atoms with Crippen molar-refractivity contribution in [1.82, 2.24) is 0 Å². The van der Waals surface area contributed by atoms with Crippen molar-refractivity contribution in [2.24, 2.45) is 0 Å². The van der Waals surface area contributed by atoms with Crippen molar-refractivity contribution in [2.75, 3.05) is 6.61 Å². The Morgan fingerprint density at radius 2 is 2.00 bits per heavy atom. The monoisotopic (exact) mass is 236 g/mol. The summed E-state index contributed by atoms with van der Waals surface area (Å²) >= 11 is 0. The van der Waals surface area contributed by atoms with Crippen LogP contribution in [0.2, 0.25) is 0 Å².